The first-order valence-electron chi connectivity index (χ1n) is 8.39. The Morgan fingerprint density at radius 2 is 1.83 bits per heavy atom. The molecule has 5 heteroatoms. The molecule has 4 nitrogen and oxygen atoms in total. The van der Waals surface area contributed by atoms with Crippen molar-refractivity contribution in [3.05, 3.63) is 29.3 Å². The molecule has 0 bridgehead atoms. The summed E-state index contributed by atoms with van der Waals surface area (Å²) in [5, 5.41) is 9.01. The van der Waals surface area contributed by atoms with E-state index in [4.69, 9.17) is 0 Å². The van der Waals surface area contributed by atoms with Crippen molar-refractivity contribution in [3.63, 3.8) is 0 Å². The molecule has 0 spiro atoms. The third kappa shape index (κ3) is 3.72. The van der Waals surface area contributed by atoms with Gasteiger partial charge in [0.15, 0.2) is 0 Å². The monoisotopic (exact) mass is 490 g/mol. The van der Waals surface area contributed by atoms with Crippen LogP contribution in [0.15, 0.2) is 6.07 Å². The SMILES string of the molecule is Cc1c[c-]c(-c2nnc(C(C)C)n2C2CCCCC2)c(C)n1.[Ir]. The number of hydrogen-bond donors (Lipinski definition) is 0. The molecule has 0 atom stereocenters. The van der Waals surface area contributed by atoms with Crippen LogP contribution in [0.2, 0.25) is 0 Å². The quantitative estimate of drug-likeness (QED) is 0.601. The van der Waals surface area contributed by atoms with Gasteiger partial charge in [-0.3, -0.25) is 0 Å². The Labute approximate surface area is 152 Å². The summed E-state index contributed by atoms with van der Waals surface area (Å²) in [6, 6.07) is 5.83. The van der Waals surface area contributed by atoms with E-state index in [2.05, 4.69) is 39.7 Å². The van der Waals surface area contributed by atoms with Gasteiger partial charge >= 0.3 is 0 Å². The Morgan fingerprint density at radius 1 is 1.13 bits per heavy atom. The molecule has 0 aromatic carbocycles. The van der Waals surface area contributed by atoms with Crippen LogP contribution >= 0.6 is 0 Å². The van der Waals surface area contributed by atoms with Gasteiger partial charge in [-0.05, 0) is 24.2 Å². The Balaban J connectivity index is 0.00000192. The molecule has 1 radical (unpaired) electrons. The third-order valence-corrected chi connectivity index (χ3v) is 4.53. The maximum absolute atomic E-state index is 4.58. The molecule has 0 saturated heterocycles. The normalized spacial score (nSPS) is 15.7. The standard InChI is InChI=1S/C18H25N4.Ir/c1-12(2)17-20-21-18(16-11-10-13(3)19-14(16)4)22(17)15-8-6-5-7-9-15;/h10,12,15H,5-9H2,1-4H3;/q-1;. The van der Waals surface area contributed by atoms with E-state index < -0.39 is 0 Å². The molecule has 0 N–H and O–H groups in total. The van der Waals surface area contributed by atoms with Gasteiger partial charge < -0.3 is 9.55 Å². The predicted molar refractivity (Wildman–Crippen MR) is 87.8 cm³/mol. The van der Waals surface area contributed by atoms with E-state index in [0.29, 0.717) is 12.0 Å². The Bertz CT molecular complexity index is 657. The molecule has 1 fully saturated rings. The number of rotatable bonds is 3. The molecule has 2 heterocycles. The van der Waals surface area contributed by atoms with Gasteiger partial charge in [-0.25, -0.2) is 0 Å². The summed E-state index contributed by atoms with van der Waals surface area (Å²) in [6.07, 6.45) is 6.40. The zero-order valence-electron chi connectivity index (χ0n) is 14.4. The average Bonchev–Trinajstić information content (AvgIpc) is 2.93. The minimum Gasteiger partial charge on any atom is -0.354 e. The van der Waals surface area contributed by atoms with Crippen LogP contribution in [0.5, 0.6) is 0 Å². The van der Waals surface area contributed by atoms with E-state index in [1.807, 2.05) is 19.9 Å². The number of pyridine rings is 1. The number of aromatic nitrogens is 4. The van der Waals surface area contributed by atoms with Gasteiger partial charge in [0.1, 0.15) is 5.82 Å². The summed E-state index contributed by atoms with van der Waals surface area (Å²) in [5.74, 6) is 2.41. The van der Waals surface area contributed by atoms with E-state index in [9.17, 15) is 0 Å². The number of hydrogen-bond acceptors (Lipinski definition) is 3. The van der Waals surface area contributed by atoms with Crippen LogP contribution in [-0.4, -0.2) is 19.7 Å². The van der Waals surface area contributed by atoms with Gasteiger partial charge in [-0.1, -0.05) is 52.5 Å². The van der Waals surface area contributed by atoms with Crippen LogP contribution in [0.1, 0.15) is 75.1 Å². The summed E-state index contributed by atoms with van der Waals surface area (Å²) in [4.78, 5) is 4.58. The van der Waals surface area contributed by atoms with Crippen molar-refractivity contribution in [1.82, 2.24) is 19.7 Å². The summed E-state index contributed by atoms with van der Waals surface area (Å²) in [6.45, 7) is 8.42. The summed E-state index contributed by atoms with van der Waals surface area (Å²) in [5.41, 5.74) is 2.98. The first kappa shape index (κ1) is 18.3. The molecule has 2 aromatic rings. The fourth-order valence-corrected chi connectivity index (χ4v) is 3.43. The maximum Gasteiger partial charge on any atom is 0.126 e. The molecule has 127 valence electrons. The summed E-state index contributed by atoms with van der Waals surface area (Å²) in [7, 11) is 0. The Kier molecular flexibility index (Phi) is 6.10. The van der Waals surface area contributed by atoms with E-state index in [-0.39, 0.29) is 20.1 Å². The molecular formula is C18H25IrN4-. The van der Waals surface area contributed by atoms with Crippen molar-refractivity contribution in [2.24, 2.45) is 0 Å². The van der Waals surface area contributed by atoms with Crippen LogP contribution in [-0.2, 0) is 20.1 Å². The molecule has 3 rings (SSSR count). The Hall–Kier alpha value is -1.06. The minimum absolute atomic E-state index is 0. The molecular weight excluding hydrogens is 464 g/mol. The second kappa shape index (κ2) is 7.67. The van der Waals surface area contributed by atoms with Crippen LogP contribution in [0.25, 0.3) is 11.4 Å². The topological polar surface area (TPSA) is 43.6 Å². The smallest absolute Gasteiger partial charge is 0.126 e. The summed E-state index contributed by atoms with van der Waals surface area (Å²) < 4.78 is 2.37. The van der Waals surface area contributed by atoms with Gasteiger partial charge in [-0.15, -0.1) is 17.2 Å². The second-order valence-electron chi connectivity index (χ2n) is 6.70. The van der Waals surface area contributed by atoms with Crippen LogP contribution in [0.4, 0.5) is 0 Å². The van der Waals surface area contributed by atoms with E-state index in [1.165, 1.54) is 32.1 Å². The number of aryl methyl sites for hydroxylation is 2. The maximum atomic E-state index is 4.58. The van der Waals surface area contributed by atoms with E-state index >= 15 is 0 Å². The van der Waals surface area contributed by atoms with Gasteiger partial charge in [0, 0.05) is 32.1 Å². The molecule has 0 aliphatic heterocycles. The fraction of sp³-hybridized carbons (Fsp3) is 0.611. The molecule has 1 saturated carbocycles. The van der Waals surface area contributed by atoms with Crippen molar-refractivity contribution in [1.29, 1.82) is 0 Å². The van der Waals surface area contributed by atoms with Crippen molar-refractivity contribution < 1.29 is 20.1 Å². The van der Waals surface area contributed by atoms with E-state index in [0.717, 1.165) is 28.6 Å². The van der Waals surface area contributed by atoms with Gasteiger partial charge in [0.2, 0.25) is 0 Å². The third-order valence-electron chi connectivity index (χ3n) is 4.53. The minimum atomic E-state index is 0. The van der Waals surface area contributed by atoms with Crippen molar-refractivity contribution in [3.8, 4) is 11.4 Å². The first-order valence-corrected chi connectivity index (χ1v) is 8.39. The van der Waals surface area contributed by atoms with Crippen molar-refractivity contribution in [2.75, 3.05) is 0 Å². The van der Waals surface area contributed by atoms with Crippen molar-refractivity contribution in [2.45, 2.75) is 71.8 Å². The molecule has 1 aliphatic rings. The van der Waals surface area contributed by atoms with Crippen LogP contribution < -0.4 is 0 Å². The molecule has 0 unspecified atom stereocenters. The van der Waals surface area contributed by atoms with Gasteiger partial charge in [-0.2, -0.15) is 5.10 Å². The first-order chi connectivity index (χ1) is 10.6. The largest absolute Gasteiger partial charge is 0.354 e. The molecule has 0 amide bonds. The zero-order valence-corrected chi connectivity index (χ0v) is 16.8. The summed E-state index contributed by atoms with van der Waals surface area (Å²) >= 11 is 0. The number of nitrogens with zero attached hydrogens (tertiary/aromatic N) is 4. The fourth-order valence-electron chi connectivity index (χ4n) is 3.43. The average molecular weight is 490 g/mol. The zero-order chi connectivity index (χ0) is 15.7. The van der Waals surface area contributed by atoms with Crippen LogP contribution in [0, 0.1) is 19.9 Å². The molecule has 1 aliphatic carbocycles. The predicted octanol–water partition coefficient (Wildman–Crippen LogP) is 4.38. The molecule has 2 aromatic heterocycles. The molecule has 23 heavy (non-hydrogen) atoms. The Morgan fingerprint density at radius 3 is 2.43 bits per heavy atom. The second-order valence-corrected chi connectivity index (χ2v) is 6.70. The van der Waals surface area contributed by atoms with E-state index in [1.54, 1.807) is 0 Å². The van der Waals surface area contributed by atoms with Gasteiger partial charge in [0.25, 0.3) is 0 Å². The van der Waals surface area contributed by atoms with Gasteiger partial charge in [0.05, 0.1) is 5.82 Å². The van der Waals surface area contributed by atoms with Crippen LogP contribution in [0.3, 0.4) is 0 Å². The van der Waals surface area contributed by atoms with Crippen molar-refractivity contribution >= 4 is 0 Å².